The SMILES string of the molecule is CNC(C)c1nc(-c2ccccc2)n[nH]1. The minimum Gasteiger partial charge on any atom is -0.311 e. The molecule has 0 aliphatic carbocycles. The van der Waals surface area contributed by atoms with Crippen molar-refractivity contribution < 1.29 is 0 Å². The van der Waals surface area contributed by atoms with Crippen molar-refractivity contribution in [1.29, 1.82) is 0 Å². The smallest absolute Gasteiger partial charge is 0.181 e. The third kappa shape index (κ3) is 2.05. The second-order valence-electron chi connectivity index (χ2n) is 3.42. The summed E-state index contributed by atoms with van der Waals surface area (Å²) in [5.41, 5.74) is 1.03. The van der Waals surface area contributed by atoms with Gasteiger partial charge in [-0.25, -0.2) is 4.98 Å². The quantitative estimate of drug-likeness (QED) is 0.797. The van der Waals surface area contributed by atoms with Crippen molar-refractivity contribution >= 4 is 0 Å². The molecule has 2 aromatic rings. The van der Waals surface area contributed by atoms with Crippen LogP contribution in [0.15, 0.2) is 30.3 Å². The molecule has 78 valence electrons. The van der Waals surface area contributed by atoms with Crippen molar-refractivity contribution in [2.24, 2.45) is 0 Å². The summed E-state index contributed by atoms with van der Waals surface area (Å²) in [4.78, 5) is 4.42. The summed E-state index contributed by atoms with van der Waals surface area (Å²) in [6.45, 7) is 2.04. The molecule has 4 nitrogen and oxygen atoms in total. The normalized spacial score (nSPS) is 12.7. The Labute approximate surface area is 88.8 Å². The van der Waals surface area contributed by atoms with Gasteiger partial charge in [0.2, 0.25) is 0 Å². The molecule has 0 aliphatic heterocycles. The molecule has 0 fully saturated rings. The number of benzene rings is 1. The Morgan fingerprint density at radius 2 is 2.00 bits per heavy atom. The Bertz CT molecular complexity index is 421. The molecule has 0 bridgehead atoms. The van der Waals surface area contributed by atoms with Crippen LogP contribution in [0.2, 0.25) is 0 Å². The molecule has 0 amide bonds. The zero-order valence-electron chi connectivity index (χ0n) is 8.86. The molecule has 1 atom stereocenters. The standard InChI is InChI=1S/C11H14N4/c1-8(12-2)10-13-11(15-14-10)9-6-4-3-5-7-9/h3-8,12H,1-2H3,(H,13,14,15). The highest BCUT2D eigenvalue weighted by Crippen LogP contribution is 2.15. The molecule has 15 heavy (non-hydrogen) atoms. The number of rotatable bonds is 3. The molecule has 0 aliphatic rings. The molecule has 1 aromatic heterocycles. The van der Waals surface area contributed by atoms with Crippen LogP contribution in [-0.2, 0) is 0 Å². The first-order valence-corrected chi connectivity index (χ1v) is 4.96. The lowest BCUT2D eigenvalue weighted by atomic mass is 10.2. The molecular weight excluding hydrogens is 188 g/mol. The van der Waals surface area contributed by atoms with Crippen LogP contribution < -0.4 is 5.32 Å². The Hall–Kier alpha value is -1.68. The topological polar surface area (TPSA) is 53.6 Å². The summed E-state index contributed by atoms with van der Waals surface area (Å²) < 4.78 is 0. The molecule has 0 spiro atoms. The minimum absolute atomic E-state index is 0.190. The van der Waals surface area contributed by atoms with Gasteiger partial charge in [0.05, 0.1) is 6.04 Å². The van der Waals surface area contributed by atoms with E-state index in [0.717, 1.165) is 17.2 Å². The highest BCUT2D eigenvalue weighted by molar-refractivity contribution is 5.53. The Balaban J connectivity index is 2.28. The predicted molar refractivity (Wildman–Crippen MR) is 59.3 cm³/mol. The van der Waals surface area contributed by atoms with Crippen molar-refractivity contribution in [2.75, 3.05) is 7.05 Å². The van der Waals surface area contributed by atoms with Gasteiger partial charge in [-0.2, -0.15) is 5.10 Å². The molecule has 0 saturated heterocycles. The van der Waals surface area contributed by atoms with Gasteiger partial charge < -0.3 is 5.32 Å². The first-order valence-electron chi connectivity index (χ1n) is 4.96. The summed E-state index contributed by atoms with van der Waals surface area (Å²) in [6, 6.07) is 10.1. The average molecular weight is 202 g/mol. The van der Waals surface area contributed by atoms with Gasteiger partial charge in [-0.3, -0.25) is 5.10 Å². The lowest BCUT2D eigenvalue weighted by Gasteiger charge is -2.03. The lowest BCUT2D eigenvalue weighted by Crippen LogP contribution is -2.13. The third-order valence-corrected chi connectivity index (χ3v) is 2.38. The predicted octanol–water partition coefficient (Wildman–Crippen LogP) is 1.75. The van der Waals surface area contributed by atoms with Crippen molar-refractivity contribution in [3.8, 4) is 11.4 Å². The molecule has 1 heterocycles. The fourth-order valence-corrected chi connectivity index (χ4v) is 1.32. The van der Waals surface area contributed by atoms with Crippen LogP contribution in [0.5, 0.6) is 0 Å². The van der Waals surface area contributed by atoms with Gasteiger partial charge >= 0.3 is 0 Å². The van der Waals surface area contributed by atoms with Gasteiger partial charge in [-0.15, -0.1) is 0 Å². The van der Waals surface area contributed by atoms with Crippen molar-refractivity contribution in [2.45, 2.75) is 13.0 Å². The summed E-state index contributed by atoms with van der Waals surface area (Å²) >= 11 is 0. The van der Waals surface area contributed by atoms with Crippen LogP contribution >= 0.6 is 0 Å². The Morgan fingerprint density at radius 3 is 2.67 bits per heavy atom. The van der Waals surface area contributed by atoms with Crippen molar-refractivity contribution in [3.05, 3.63) is 36.2 Å². The molecule has 0 saturated carbocycles. The van der Waals surface area contributed by atoms with Crippen LogP contribution in [0.3, 0.4) is 0 Å². The van der Waals surface area contributed by atoms with Crippen molar-refractivity contribution in [1.82, 2.24) is 20.5 Å². The molecule has 2 rings (SSSR count). The maximum Gasteiger partial charge on any atom is 0.181 e. The van der Waals surface area contributed by atoms with Gasteiger partial charge in [0.1, 0.15) is 5.82 Å². The molecule has 1 aromatic carbocycles. The number of hydrogen-bond donors (Lipinski definition) is 2. The van der Waals surface area contributed by atoms with Crippen LogP contribution in [0.1, 0.15) is 18.8 Å². The second kappa shape index (κ2) is 4.23. The number of H-pyrrole nitrogens is 1. The Morgan fingerprint density at radius 1 is 1.27 bits per heavy atom. The van der Waals surface area contributed by atoms with Gasteiger partial charge in [-0.1, -0.05) is 30.3 Å². The molecular formula is C11H14N4. The third-order valence-electron chi connectivity index (χ3n) is 2.38. The fraction of sp³-hybridized carbons (Fsp3) is 0.273. The Kier molecular flexibility index (Phi) is 2.78. The van der Waals surface area contributed by atoms with E-state index in [4.69, 9.17) is 0 Å². The van der Waals surface area contributed by atoms with Crippen LogP contribution in [0.25, 0.3) is 11.4 Å². The van der Waals surface area contributed by atoms with Gasteiger partial charge in [-0.05, 0) is 14.0 Å². The zero-order valence-corrected chi connectivity index (χ0v) is 8.86. The maximum absolute atomic E-state index is 4.42. The number of nitrogens with zero attached hydrogens (tertiary/aromatic N) is 2. The van der Waals surface area contributed by atoms with E-state index in [2.05, 4.69) is 20.5 Å². The summed E-state index contributed by atoms with van der Waals surface area (Å²) in [5, 5.41) is 10.2. The van der Waals surface area contributed by atoms with Crippen LogP contribution in [-0.4, -0.2) is 22.2 Å². The van der Waals surface area contributed by atoms with E-state index < -0.39 is 0 Å². The number of nitrogens with one attached hydrogen (secondary N) is 2. The van der Waals surface area contributed by atoms with E-state index in [1.807, 2.05) is 44.3 Å². The van der Waals surface area contributed by atoms with E-state index in [1.54, 1.807) is 0 Å². The monoisotopic (exact) mass is 202 g/mol. The summed E-state index contributed by atoms with van der Waals surface area (Å²) in [5.74, 6) is 1.60. The first-order chi connectivity index (χ1) is 7.31. The van der Waals surface area contributed by atoms with Gasteiger partial charge in [0.25, 0.3) is 0 Å². The highest BCUT2D eigenvalue weighted by atomic mass is 15.2. The molecule has 2 N–H and O–H groups in total. The van der Waals surface area contributed by atoms with E-state index >= 15 is 0 Å². The van der Waals surface area contributed by atoms with Gasteiger partial charge in [0, 0.05) is 5.56 Å². The first kappa shape index (κ1) is 9.86. The number of aromatic nitrogens is 3. The summed E-state index contributed by atoms with van der Waals surface area (Å²) in [7, 11) is 1.90. The molecule has 4 heteroatoms. The fourth-order valence-electron chi connectivity index (χ4n) is 1.32. The molecule has 1 unspecified atom stereocenters. The van der Waals surface area contributed by atoms with Crippen LogP contribution in [0, 0.1) is 0 Å². The summed E-state index contributed by atoms with van der Waals surface area (Å²) in [6.07, 6.45) is 0. The van der Waals surface area contributed by atoms with E-state index in [1.165, 1.54) is 0 Å². The molecule has 0 radical (unpaired) electrons. The average Bonchev–Trinajstić information content (AvgIpc) is 2.78. The number of hydrogen-bond acceptors (Lipinski definition) is 3. The van der Waals surface area contributed by atoms with Crippen LogP contribution in [0.4, 0.5) is 0 Å². The second-order valence-corrected chi connectivity index (χ2v) is 3.42. The van der Waals surface area contributed by atoms with Gasteiger partial charge in [0.15, 0.2) is 5.82 Å². The van der Waals surface area contributed by atoms with Crippen molar-refractivity contribution in [3.63, 3.8) is 0 Å². The van der Waals surface area contributed by atoms with E-state index in [0.29, 0.717) is 0 Å². The zero-order chi connectivity index (χ0) is 10.7. The minimum atomic E-state index is 0.190. The van der Waals surface area contributed by atoms with E-state index in [-0.39, 0.29) is 6.04 Å². The maximum atomic E-state index is 4.42. The number of aromatic amines is 1. The lowest BCUT2D eigenvalue weighted by molar-refractivity contribution is 0.613. The highest BCUT2D eigenvalue weighted by Gasteiger charge is 2.09. The largest absolute Gasteiger partial charge is 0.311 e. The van der Waals surface area contributed by atoms with E-state index in [9.17, 15) is 0 Å².